The number of carbonyl (C=O) groups excluding carboxylic acids is 1. The van der Waals surface area contributed by atoms with E-state index in [2.05, 4.69) is 41.4 Å². The maximum atomic E-state index is 12.6. The molecule has 0 aliphatic heterocycles. The average molecular weight is 413 g/mol. The molecule has 1 amide bonds. The minimum atomic E-state index is 0.0669. The Balaban J connectivity index is 1.57. The van der Waals surface area contributed by atoms with E-state index in [-0.39, 0.29) is 5.91 Å². The van der Waals surface area contributed by atoms with Crippen molar-refractivity contribution in [1.82, 2.24) is 14.8 Å². The highest BCUT2D eigenvalue weighted by molar-refractivity contribution is 7.99. The third-order valence-corrected chi connectivity index (χ3v) is 6.34. The Kier molecular flexibility index (Phi) is 7.17. The first-order chi connectivity index (χ1) is 13.6. The van der Waals surface area contributed by atoms with Gasteiger partial charge in [0.05, 0.1) is 11.5 Å². The maximum Gasteiger partial charge on any atom is 0.237 e. The molecular formula is C21H24N4OS2. The quantitative estimate of drug-likeness (QED) is 0.508. The normalized spacial score (nSPS) is 10.8. The Bertz CT molecular complexity index is 910. The molecular weight excluding hydrogens is 388 g/mol. The van der Waals surface area contributed by atoms with E-state index in [9.17, 15) is 4.79 Å². The van der Waals surface area contributed by atoms with Gasteiger partial charge in [-0.2, -0.15) is 0 Å². The number of para-hydroxylation sites is 1. The van der Waals surface area contributed by atoms with Crippen LogP contribution in [0.25, 0.3) is 0 Å². The summed E-state index contributed by atoms with van der Waals surface area (Å²) in [7, 11) is 1.95. The molecule has 1 heterocycles. The molecule has 28 heavy (non-hydrogen) atoms. The van der Waals surface area contributed by atoms with Gasteiger partial charge in [0.25, 0.3) is 0 Å². The van der Waals surface area contributed by atoms with E-state index in [1.165, 1.54) is 22.2 Å². The number of rotatable bonds is 8. The second-order valence-electron chi connectivity index (χ2n) is 6.32. The fourth-order valence-electron chi connectivity index (χ4n) is 2.69. The number of benzene rings is 2. The van der Waals surface area contributed by atoms with Crippen molar-refractivity contribution in [3.05, 3.63) is 66.0 Å². The van der Waals surface area contributed by atoms with Gasteiger partial charge in [-0.3, -0.25) is 4.79 Å². The van der Waals surface area contributed by atoms with Gasteiger partial charge >= 0.3 is 0 Å². The van der Waals surface area contributed by atoms with Gasteiger partial charge in [0, 0.05) is 24.2 Å². The number of hydrogen-bond donors (Lipinski definition) is 0. The zero-order valence-electron chi connectivity index (χ0n) is 16.3. The van der Waals surface area contributed by atoms with E-state index in [1.54, 1.807) is 16.7 Å². The van der Waals surface area contributed by atoms with Crippen molar-refractivity contribution >= 4 is 35.1 Å². The highest BCUT2D eigenvalue weighted by Gasteiger charge is 2.16. The Morgan fingerprint density at radius 1 is 1.04 bits per heavy atom. The molecule has 0 aliphatic rings. The van der Waals surface area contributed by atoms with Gasteiger partial charge in [0.2, 0.25) is 5.91 Å². The van der Waals surface area contributed by atoms with Crippen LogP contribution in [0.4, 0.5) is 5.69 Å². The number of thioether (sulfide) groups is 2. The lowest BCUT2D eigenvalue weighted by Crippen LogP contribution is -2.32. The molecule has 0 fully saturated rings. The van der Waals surface area contributed by atoms with Crippen LogP contribution in [0.1, 0.15) is 18.3 Å². The Morgan fingerprint density at radius 2 is 1.75 bits per heavy atom. The molecule has 0 aliphatic carbocycles. The standard InChI is InChI=1S/C21H24N4OS2/c1-4-25(17-8-6-5-7-9-17)20(26)15-28-21-23-22-19(24(21)3)14-27-18-12-10-16(2)11-13-18/h5-13H,4,14-15H2,1-3H3. The summed E-state index contributed by atoms with van der Waals surface area (Å²) in [6, 6.07) is 18.2. The van der Waals surface area contributed by atoms with Crippen molar-refractivity contribution in [3.63, 3.8) is 0 Å². The zero-order chi connectivity index (χ0) is 19.9. The molecule has 0 bridgehead atoms. The Labute approximate surface area is 174 Å². The molecule has 0 atom stereocenters. The number of hydrogen-bond acceptors (Lipinski definition) is 5. The average Bonchev–Trinajstić information content (AvgIpc) is 3.07. The van der Waals surface area contributed by atoms with Crippen LogP contribution in [-0.2, 0) is 17.6 Å². The molecule has 7 heteroatoms. The van der Waals surface area contributed by atoms with E-state index in [1.807, 2.05) is 48.9 Å². The lowest BCUT2D eigenvalue weighted by molar-refractivity contribution is -0.116. The molecule has 5 nitrogen and oxygen atoms in total. The van der Waals surface area contributed by atoms with Crippen molar-refractivity contribution in [3.8, 4) is 0 Å². The summed E-state index contributed by atoms with van der Waals surface area (Å²) in [4.78, 5) is 15.6. The fourth-order valence-corrected chi connectivity index (χ4v) is 4.38. The van der Waals surface area contributed by atoms with Gasteiger partial charge in [-0.25, -0.2) is 0 Å². The van der Waals surface area contributed by atoms with Gasteiger partial charge in [0.15, 0.2) is 5.16 Å². The first-order valence-electron chi connectivity index (χ1n) is 9.14. The van der Waals surface area contributed by atoms with Crippen LogP contribution in [0.15, 0.2) is 64.6 Å². The number of amides is 1. The summed E-state index contributed by atoms with van der Waals surface area (Å²) < 4.78 is 1.97. The SMILES string of the molecule is CCN(C(=O)CSc1nnc(CSc2ccc(C)cc2)n1C)c1ccccc1. The molecule has 1 aromatic heterocycles. The number of anilines is 1. The second-order valence-corrected chi connectivity index (χ2v) is 8.31. The highest BCUT2D eigenvalue weighted by Crippen LogP contribution is 2.24. The predicted octanol–water partition coefficient (Wildman–Crippen LogP) is 4.56. The minimum absolute atomic E-state index is 0.0669. The Morgan fingerprint density at radius 3 is 2.43 bits per heavy atom. The van der Waals surface area contributed by atoms with Crippen LogP contribution in [0.3, 0.4) is 0 Å². The maximum absolute atomic E-state index is 12.6. The van der Waals surface area contributed by atoms with Gasteiger partial charge in [-0.05, 0) is 38.1 Å². The van der Waals surface area contributed by atoms with Crippen LogP contribution < -0.4 is 4.90 Å². The summed E-state index contributed by atoms with van der Waals surface area (Å²) in [6.07, 6.45) is 0. The Hall–Kier alpha value is -2.25. The summed E-state index contributed by atoms with van der Waals surface area (Å²) in [5, 5.41) is 9.32. The zero-order valence-corrected chi connectivity index (χ0v) is 18.0. The van der Waals surface area contributed by atoms with Crippen molar-refractivity contribution in [2.24, 2.45) is 7.05 Å². The summed E-state index contributed by atoms with van der Waals surface area (Å²) in [5.41, 5.74) is 2.17. The predicted molar refractivity (Wildman–Crippen MR) is 117 cm³/mol. The number of aromatic nitrogens is 3. The second kappa shape index (κ2) is 9.80. The van der Waals surface area contributed by atoms with Crippen LogP contribution in [0, 0.1) is 6.92 Å². The van der Waals surface area contributed by atoms with Gasteiger partial charge < -0.3 is 9.47 Å². The first-order valence-corrected chi connectivity index (χ1v) is 11.1. The van der Waals surface area contributed by atoms with Crippen molar-refractivity contribution < 1.29 is 4.79 Å². The smallest absolute Gasteiger partial charge is 0.237 e. The van der Waals surface area contributed by atoms with E-state index in [4.69, 9.17) is 0 Å². The fraction of sp³-hybridized carbons (Fsp3) is 0.286. The van der Waals surface area contributed by atoms with E-state index < -0.39 is 0 Å². The number of nitrogens with zero attached hydrogens (tertiary/aromatic N) is 4. The van der Waals surface area contributed by atoms with Gasteiger partial charge in [0.1, 0.15) is 5.82 Å². The monoisotopic (exact) mass is 412 g/mol. The lowest BCUT2D eigenvalue weighted by Gasteiger charge is -2.20. The van der Waals surface area contributed by atoms with E-state index in [0.29, 0.717) is 12.3 Å². The van der Waals surface area contributed by atoms with E-state index >= 15 is 0 Å². The molecule has 0 saturated heterocycles. The molecule has 0 saturated carbocycles. The van der Waals surface area contributed by atoms with Gasteiger partial charge in [-0.15, -0.1) is 22.0 Å². The van der Waals surface area contributed by atoms with E-state index in [0.717, 1.165) is 22.4 Å². The van der Waals surface area contributed by atoms with Crippen molar-refractivity contribution in [2.45, 2.75) is 29.7 Å². The largest absolute Gasteiger partial charge is 0.312 e. The number of carbonyl (C=O) groups is 1. The minimum Gasteiger partial charge on any atom is -0.312 e. The van der Waals surface area contributed by atoms with Crippen molar-refractivity contribution in [1.29, 1.82) is 0 Å². The molecule has 3 aromatic rings. The molecule has 0 spiro atoms. The van der Waals surface area contributed by atoms with Crippen LogP contribution in [-0.4, -0.2) is 33.0 Å². The van der Waals surface area contributed by atoms with Crippen LogP contribution in [0.2, 0.25) is 0 Å². The molecule has 0 unspecified atom stereocenters. The summed E-state index contributed by atoms with van der Waals surface area (Å²) in [6.45, 7) is 4.71. The summed E-state index contributed by atoms with van der Waals surface area (Å²) >= 11 is 3.16. The summed E-state index contributed by atoms with van der Waals surface area (Å²) in [5.74, 6) is 2.04. The highest BCUT2D eigenvalue weighted by atomic mass is 32.2. The molecule has 0 N–H and O–H groups in total. The first kappa shape index (κ1) is 20.5. The van der Waals surface area contributed by atoms with Crippen LogP contribution >= 0.6 is 23.5 Å². The van der Waals surface area contributed by atoms with Crippen LogP contribution in [0.5, 0.6) is 0 Å². The topological polar surface area (TPSA) is 51.0 Å². The van der Waals surface area contributed by atoms with Crippen molar-refractivity contribution in [2.75, 3.05) is 17.2 Å². The van der Waals surface area contributed by atoms with Gasteiger partial charge in [-0.1, -0.05) is 47.7 Å². The molecule has 0 radical (unpaired) electrons. The lowest BCUT2D eigenvalue weighted by atomic mass is 10.2. The number of aryl methyl sites for hydroxylation is 1. The third-order valence-electron chi connectivity index (χ3n) is 4.32. The molecule has 146 valence electrons. The molecule has 2 aromatic carbocycles. The molecule has 3 rings (SSSR count). The third kappa shape index (κ3) is 5.17.